The molecule has 0 aliphatic rings. The van der Waals surface area contributed by atoms with E-state index >= 15 is 0 Å². The molecule has 170 valence electrons. The fourth-order valence-electron chi connectivity index (χ4n) is 3.34. The molecule has 2 heterocycles. The molecule has 2 aromatic carbocycles. The number of benzene rings is 2. The van der Waals surface area contributed by atoms with Gasteiger partial charge in [0, 0.05) is 34.7 Å². The summed E-state index contributed by atoms with van der Waals surface area (Å²) in [6.07, 6.45) is 3.50. The van der Waals surface area contributed by atoms with Gasteiger partial charge in [0.15, 0.2) is 5.16 Å². The number of rotatable bonds is 11. The predicted octanol–water partition coefficient (Wildman–Crippen LogP) is 6.85. The Morgan fingerprint density at radius 3 is 2.82 bits per heavy atom. The van der Waals surface area contributed by atoms with Crippen LogP contribution < -0.4 is 4.74 Å². The molecular weight excluding hydrogens is 472 g/mol. The maximum atomic E-state index is 6.01. The summed E-state index contributed by atoms with van der Waals surface area (Å²) >= 11 is 9.33. The first-order valence-corrected chi connectivity index (χ1v) is 12.9. The van der Waals surface area contributed by atoms with Crippen LogP contribution in [0.3, 0.4) is 0 Å². The smallest absolute Gasteiger partial charge is 0.191 e. The van der Waals surface area contributed by atoms with Gasteiger partial charge in [-0.2, -0.15) is 0 Å². The molecule has 5 nitrogen and oxygen atoms in total. The van der Waals surface area contributed by atoms with Crippen LogP contribution in [-0.4, -0.2) is 26.4 Å². The van der Waals surface area contributed by atoms with E-state index in [1.165, 1.54) is 0 Å². The Balaban J connectivity index is 1.33. The summed E-state index contributed by atoms with van der Waals surface area (Å²) < 4.78 is 8.04. The van der Waals surface area contributed by atoms with Crippen LogP contribution in [0.1, 0.15) is 23.5 Å². The van der Waals surface area contributed by atoms with Gasteiger partial charge in [0.25, 0.3) is 0 Å². The number of thiazole rings is 1. The molecule has 0 spiro atoms. The third-order valence-electron chi connectivity index (χ3n) is 4.97. The first-order valence-electron chi connectivity index (χ1n) is 10.7. The van der Waals surface area contributed by atoms with Crippen molar-refractivity contribution in [3.63, 3.8) is 0 Å². The molecule has 0 atom stereocenters. The summed E-state index contributed by atoms with van der Waals surface area (Å²) in [5, 5.41) is 13.6. The highest BCUT2D eigenvalue weighted by Crippen LogP contribution is 2.28. The quantitative estimate of drug-likeness (QED) is 0.129. The van der Waals surface area contributed by atoms with Gasteiger partial charge in [-0.25, -0.2) is 4.98 Å². The largest absolute Gasteiger partial charge is 0.493 e. The second-order valence-corrected chi connectivity index (χ2v) is 9.70. The van der Waals surface area contributed by atoms with E-state index in [9.17, 15) is 0 Å². The standard InChI is InChI=1S/C25H25ClN4OS2/c1-3-13-30-23(10-7-14-31-22-12-11-20(26)15-18(22)2)28-29-25(30)33-17-21-16-32-24(27-21)19-8-5-4-6-9-19/h3-6,8-9,11-12,15-16H,1,7,10,13-14,17H2,2H3. The Hall–Kier alpha value is -2.61. The van der Waals surface area contributed by atoms with Crippen LogP contribution in [0, 0.1) is 6.92 Å². The number of halogens is 1. The highest BCUT2D eigenvalue weighted by atomic mass is 35.5. The van der Waals surface area contributed by atoms with Crippen molar-refractivity contribution in [1.29, 1.82) is 0 Å². The van der Waals surface area contributed by atoms with Crippen molar-refractivity contribution in [2.75, 3.05) is 6.61 Å². The molecule has 33 heavy (non-hydrogen) atoms. The summed E-state index contributed by atoms with van der Waals surface area (Å²) in [5.41, 5.74) is 3.23. The van der Waals surface area contributed by atoms with Gasteiger partial charge in [-0.05, 0) is 37.1 Å². The molecule has 0 aliphatic carbocycles. The number of allylic oxidation sites excluding steroid dienone is 1. The van der Waals surface area contributed by atoms with Crippen LogP contribution in [0.2, 0.25) is 5.02 Å². The van der Waals surface area contributed by atoms with Gasteiger partial charge in [-0.1, -0.05) is 59.8 Å². The Bertz CT molecular complexity index is 1210. The third kappa shape index (κ3) is 6.25. The average molecular weight is 497 g/mol. The zero-order valence-corrected chi connectivity index (χ0v) is 20.8. The van der Waals surface area contributed by atoms with Crippen LogP contribution in [0.5, 0.6) is 5.75 Å². The molecule has 0 N–H and O–H groups in total. The molecule has 0 amide bonds. The predicted molar refractivity (Wildman–Crippen MR) is 137 cm³/mol. The second-order valence-electron chi connectivity index (χ2n) is 7.46. The van der Waals surface area contributed by atoms with E-state index in [4.69, 9.17) is 21.3 Å². The van der Waals surface area contributed by atoms with E-state index in [0.29, 0.717) is 13.2 Å². The normalized spacial score (nSPS) is 11.0. The summed E-state index contributed by atoms with van der Waals surface area (Å²) in [7, 11) is 0. The minimum Gasteiger partial charge on any atom is -0.493 e. The molecule has 0 fully saturated rings. The van der Waals surface area contributed by atoms with E-state index in [-0.39, 0.29) is 0 Å². The third-order valence-corrected chi connectivity index (χ3v) is 7.14. The number of aryl methyl sites for hydroxylation is 2. The second kappa shape index (κ2) is 11.5. The maximum Gasteiger partial charge on any atom is 0.191 e. The number of hydrogen-bond donors (Lipinski definition) is 0. The zero-order valence-electron chi connectivity index (χ0n) is 18.4. The first kappa shape index (κ1) is 23.5. The van der Waals surface area contributed by atoms with E-state index in [1.54, 1.807) is 23.1 Å². The monoisotopic (exact) mass is 496 g/mol. The maximum absolute atomic E-state index is 6.01. The van der Waals surface area contributed by atoms with Gasteiger partial charge in [0.2, 0.25) is 0 Å². The lowest BCUT2D eigenvalue weighted by Gasteiger charge is -2.10. The van der Waals surface area contributed by atoms with Gasteiger partial charge in [0.1, 0.15) is 16.6 Å². The minimum atomic E-state index is 0.604. The van der Waals surface area contributed by atoms with Crippen molar-refractivity contribution in [1.82, 2.24) is 19.7 Å². The number of ether oxygens (including phenoxy) is 1. The van der Waals surface area contributed by atoms with Crippen molar-refractivity contribution in [2.45, 2.75) is 37.2 Å². The van der Waals surface area contributed by atoms with E-state index in [0.717, 1.165) is 62.2 Å². The van der Waals surface area contributed by atoms with Crippen LogP contribution in [0.15, 0.2) is 71.7 Å². The molecule has 4 aromatic rings. The van der Waals surface area contributed by atoms with Crippen LogP contribution in [0.4, 0.5) is 0 Å². The Morgan fingerprint density at radius 2 is 2.03 bits per heavy atom. The molecule has 0 aliphatic heterocycles. The van der Waals surface area contributed by atoms with Gasteiger partial charge in [-0.3, -0.25) is 0 Å². The fraction of sp³-hybridized carbons (Fsp3) is 0.240. The highest BCUT2D eigenvalue weighted by molar-refractivity contribution is 7.98. The number of aromatic nitrogens is 4. The lowest BCUT2D eigenvalue weighted by atomic mass is 10.2. The summed E-state index contributed by atoms with van der Waals surface area (Å²) in [6.45, 7) is 7.17. The van der Waals surface area contributed by atoms with Gasteiger partial charge in [0.05, 0.1) is 12.3 Å². The van der Waals surface area contributed by atoms with E-state index in [1.807, 2.05) is 49.4 Å². The first-order chi connectivity index (χ1) is 16.1. The van der Waals surface area contributed by atoms with Crippen molar-refractivity contribution in [2.24, 2.45) is 0 Å². The van der Waals surface area contributed by atoms with E-state index < -0.39 is 0 Å². The Kier molecular flexibility index (Phi) is 8.20. The van der Waals surface area contributed by atoms with E-state index in [2.05, 4.69) is 38.9 Å². The topological polar surface area (TPSA) is 52.8 Å². The van der Waals surface area contributed by atoms with Crippen LogP contribution in [0.25, 0.3) is 10.6 Å². The van der Waals surface area contributed by atoms with Crippen LogP contribution in [-0.2, 0) is 18.7 Å². The fourth-order valence-corrected chi connectivity index (χ4v) is 5.35. The molecule has 0 unspecified atom stereocenters. The molecule has 8 heteroatoms. The average Bonchev–Trinajstić information content (AvgIpc) is 3.45. The highest BCUT2D eigenvalue weighted by Gasteiger charge is 2.13. The minimum absolute atomic E-state index is 0.604. The van der Waals surface area contributed by atoms with Gasteiger partial charge >= 0.3 is 0 Å². The van der Waals surface area contributed by atoms with Crippen molar-refractivity contribution < 1.29 is 4.74 Å². The number of nitrogens with zero attached hydrogens (tertiary/aromatic N) is 4. The van der Waals surface area contributed by atoms with Crippen LogP contribution >= 0.6 is 34.7 Å². The van der Waals surface area contributed by atoms with Crippen molar-refractivity contribution in [3.8, 4) is 16.3 Å². The molecule has 0 bridgehead atoms. The van der Waals surface area contributed by atoms with Gasteiger partial charge < -0.3 is 9.30 Å². The van der Waals surface area contributed by atoms with Gasteiger partial charge in [-0.15, -0.1) is 28.1 Å². The summed E-state index contributed by atoms with van der Waals surface area (Å²) in [4.78, 5) is 4.78. The summed E-state index contributed by atoms with van der Waals surface area (Å²) in [6, 6.07) is 15.9. The SMILES string of the molecule is C=CCn1c(CCCOc2ccc(Cl)cc2C)nnc1SCc1csc(-c2ccccc2)n1. The molecule has 0 saturated carbocycles. The van der Waals surface area contributed by atoms with Crippen molar-refractivity contribution >= 4 is 34.7 Å². The van der Waals surface area contributed by atoms with Crippen molar-refractivity contribution in [3.05, 3.63) is 88.7 Å². The summed E-state index contributed by atoms with van der Waals surface area (Å²) in [5.74, 6) is 2.55. The molecular formula is C25H25ClN4OS2. The Morgan fingerprint density at radius 1 is 1.18 bits per heavy atom. The Labute approximate surface area is 207 Å². The lowest BCUT2D eigenvalue weighted by Crippen LogP contribution is -2.07. The zero-order chi connectivity index (χ0) is 23.0. The molecule has 4 rings (SSSR count). The molecule has 0 saturated heterocycles. The number of thioether (sulfide) groups is 1. The molecule has 0 radical (unpaired) electrons. The lowest BCUT2D eigenvalue weighted by molar-refractivity contribution is 0.307. The molecule has 2 aromatic heterocycles. The number of hydrogen-bond acceptors (Lipinski definition) is 6.